The molecule has 1 aliphatic heterocycles. The van der Waals surface area contributed by atoms with Crippen LogP contribution in [0.2, 0.25) is 0 Å². The molecule has 3 heteroatoms. The van der Waals surface area contributed by atoms with E-state index in [9.17, 15) is 4.39 Å². The Bertz CT molecular complexity index is 359. The van der Waals surface area contributed by atoms with Gasteiger partial charge in [-0.1, -0.05) is 18.7 Å². The van der Waals surface area contributed by atoms with Crippen molar-refractivity contribution in [1.29, 1.82) is 0 Å². The van der Waals surface area contributed by atoms with Crippen LogP contribution in [0.5, 0.6) is 5.75 Å². The molecule has 1 unspecified atom stereocenters. The minimum absolute atomic E-state index is 0.279. The molecule has 1 aliphatic rings. The molecule has 0 bridgehead atoms. The van der Waals surface area contributed by atoms with Crippen LogP contribution in [0, 0.1) is 5.82 Å². The predicted octanol–water partition coefficient (Wildman–Crippen LogP) is 2.33. The maximum atomic E-state index is 13.0. The molecule has 1 aromatic rings. The molecule has 0 amide bonds. The minimum Gasteiger partial charge on any atom is -0.489 e. The summed E-state index contributed by atoms with van der Waals surface area (Å²) in [4.78, 5) is 0. The maximum absolute atomic E-state index is 13.0. The van der Waals surface area contributed by atoms with Gasteiger partial charge in [0.1, 0.15) is 18.2 Å². The molecule has 1 atom stereocenters. The van der Waals surface area contributed by atoms with E-state index in [0.29, 0.717) is 12.4 Å². The topological polar surface area (TPSA) is 21.8 Å². The van der Waals surface area contributed by atoms with E-state index in [0.717, 1.165) is 18.6 Å². The van der Waals surface area contributed by atoms with E-state index in [4.69, 9.17) is 9.47 Å². The van der Waals surface area contributed by atoms with Crippen LogP contribution >= 0.6 is 0 Å². The summed E-state index contributed by atoms with van der Waals surface area (Å²) in [6.07, 6.45) is 2.70. The summed E-state index contributed by atoms with van der Waals surface area (Å²) in [5, 5.41) is 0. The average molecular weight is 208 g/mol. The first-order chi connectivity index (χ1) is 7.29. The van der Waals surface area contributed by atoms with Gasteiger partial charge in [0.25, 0.3) is 0 Å². The van der Waals surface area contributed by atoms with Gasteiger partial charge in [-0.05, 0) is 11.6 Å². The lowest BCUT2D eigenvalue weighted by atomic mass is 10.1. The fraction of sp³-hybridized carbons (Fsp3) is 0.333. The van der Waals surface area contributed by atoms with Gasteiger partial charge >= 0.3 is 0 Å². The van der Waals surface area contributed by atoms with Gasteiger partial charge in [0.15, 0.2) is 0 Å². The second-order valence-corrected chi connectivity index (χ2v) is 3.51. The number of epoxide rings is 1. The first kappa shape index (κ1) is 10.2. The van der Waals surface area contributed by atoms with E-state index < -0.39 is 0 Å². The third-order valence-electron chi connectivity index (χ3n) is 2.24. The second-order valence-electron chi connectivity index (χ2n) is 3.51. The largest absolute Gasteiger partial charge is 0.489 e. The Morgan fingerprint density at radius 1 is 1.60 bits per heavy atom. The van der Waals surface area contributed by atoms with Gasteiger partial charge in [-0.25, -0.2) is 4.39 Å². The Morgan fingerprint density at radius 2 is 2.40 bits per heavy atom. The summed E-state index contributed by atoms with van der Waals surface area (Å²) in [7, 11) is 0. The lowest BCUT2D eigenvalue weighted by Crippen LogP contribution is -2.01. The molecule has 1 heterocycles. The molecule has 0 N–H and O–H groups in total. The van der Waals surface area contributed by atoms with Crippen molar-refractivity contribution in [3.63, 3.8) is 0 Å². The van der Waals surface area contributed by atoms with Crippen LogP contribution in [-0.2, 0) is 11.2 Å². The highest BCUT2D eigenvalue weighted by Crippen LogP contribution is 2.25. The molecule has 0 spiro atoms. The SMILES string of the molecule is C=CCOc1cc(F)ccc1CC1CO1. The van der Waals surface area contributed by atoms with Gasteiger partial charge in [-0.15, -0.1) is 0 Å². The van der Waals surface area contributed by atoms with Crippen molar-refractivity contribution in [1.82, 2.24) is 0 Å². The van der Waals surface area contributed by atoms with Gasteiger partial charge < -0.3 is 9.47 Å². The average Bonchev–Trinajstić information content (AvgIpc) is 3.02. The number of hydrogen-bond donors (Lipinski definition) is 0. The molecule has 0 saturated carbocycles. The summed E-state index contributed by atoms with van der Waals surface area (Å²) >= 11 is 0. The van der Waals surface area contributed by atoms with Crippen molar-refractivity contribution in [2.45, 2.75) is 12.5 Å². The van der Waals surface area contributed by atoms with Gasteiger partial charge in [0, 0.05) is 12.5 Å². The van der Waals surface area contributed by atoms with E-state index in [-0.39, 0.29) is 11.9 Å². The van der Waals surface area contributed by atoms with Crippen molar-refractivity contribution in [3.8, 4) is 5.75 Å². The number of rotatable bonds is 5. The van der Waals surface area contributed by atoms with E-state index in [1.54, 1.807) is 12.1 Å². The molecule has 15 heavy (non-hydrogen) atoms. The van der Waals surface area contributed by atoms with Crippen LogP contribution in [0.1, 0.15) is 5.56 Å². The normalized spacial score (nSPS) is 18.6. The molecule has 0 radical (unpaired) electrons. The van der Waals surface area contributed by atoms with Crippen LogP contribution in [-0.4, -0.2) is 19.3 Å². The first-order valence-corrected chi connectivity index (χ1v) is 4.93. The van der Waals surface area contributed by atoms with Crippen LogP contribution < -0.4 is 4.74 Å². The quantitative estimate of drug-likeness (QED) is 0.547. The van der Waals surface area contributed by atoms with E-state index in [1.807, 2.05) is 0 Å². The molecular weight excluding hydrogens is 195 g/mol. The number of ether oxygens (including phenoxy) is 2. The fourth-order valence-corrected chi connectivity index (χ4v) is 1.41. The van der Waals surface area contributed by atoms with Crippen molar-refractivity contribution in [2.24, 2.45) is 0 Å². The summed E-state index contributed by atoms with van der Waals surface area (Å²) in [6, 6.07) is 4.59. The van der Waals surface area contributed by atoms with Crippen molar-refractivity contribution in [3.05, 3.63) is 42.2 Å². The second kappa shape index (κ2) is 4.45. The molecule has 1 fully saturated rings. The van der Waals surface area contributed by atoms with E-state index in [2.05, 4.69) is 6.58 Å². The van der Waals surface area contributed by atoms with Gasteiger partial charge in [-0.2, -0.15) is 0 Å². The van der Waals surface area contributed by atoms with Crippen LogP contribution in [0.4, 0.5) is 4.39 Å². The van der Waals surface area contributed by atoms with Gasteiger partial charge in [0.05, 0.1) is 12.7 Å². The third-order valence-corrected chi connectivity index (χ3v) is 2.24. The zero-order valence-corrected chi connectivity index (χ0v) is 8.41. The van der Waals surface area contributed by atoms with Crippen LogP contribution in [0.25, 0.3) is 0 Å². The number of benzene rings is 1. The lowest BCUT2D eigenvalue weighted by Gasteiger charge is -2.09. The Hall–Kier alpha value is -1.35. The smallest absolute Gasteiger partial charge is 0.126 e. The molecule has 0 aliphatic carbocycles. The Balaban J connectivity index is 2.13. The zero-order valence-electron chi connectivity index (χ0n) is 8.41. The molecule has 2 nitrogen and oxygen atoms in total. The van der Waals surface area contributed by atoms with Gasteiger partial charge in [-0.3, -0.25) is 0 Å². The highest BCUT2D eigenvalue weighted by molar-refractivity contribution is 5.35. The Kier molecular flexibility index (Phi) is 3.02. The molecule has 80 valence electrons. The van der Waals surface area contributed by atoms with E-state index >= 15 is 0 Å². The van der Waals surface area contributed by atoms with Crippen molar-refractivity contribution >= 4 is 0 Å². The summed E-state index contributed by atoms with van der Waals surface area (Å²) in [5.41, 5.74) is 0.987. The maximum Gasteiger partial charge on any atom is 0.126 e. The molecule has 1 saturated heterocycles. The first-order valence-electron chi connectivity index (χ1n) is 4.93. The highest BCUT2D eigenvalue weighted by Gasteiger charge is 2.24. The minimum atomic E-state index is -0.283. The zero-order chi connectivity index (χ0) is 10.7. The lowest BCUT2D eigenvalue weighted by molar-refractivity contribution is 0.352. The Morgan fingerprint density at radius 3 is 3.07 bits per heavy atom. The highest BCUT2D eigenvalue weighted by atomic mass is 19.1. The standard InChI is InChI=1S/C12H13FO2/c1-2-5-14-12-7-10(13)4-3-9(12)6-11-8-15-11/h2-4,7,11H,1,5-6,8H2. The van der Waals surface area contributed by atoms with Crippen LogP contribution in [0.15, 0.2) is 30.9 Å². The van der Waals surface area contributed by atoms with E-state index in [1.165, 1.54) is 12.1 Å². The predicted molar refractivity (Wildman–Crippen MR) is 55.5 cm³/mol. The molecular formula is C12H13FO2. The van der Waals surface area contributed by atoms with Gasteiger partial charge in [0.2, 0.25) is 0 Å². The molecule has 0 aromatic heterocycles. The number of halogens is 1. The van der Waals surface area contributed by atoms with Crippen LogP contribution in [0.3, 0.4) is 0 Å². The fourth-order valence-electron chi connectivity index (χ4n) is 1.41. The Labute approximate surface area is 88.3 Å². The third kappa shape index (κ3) is 2.80. The molecule has 2 rings (SSSR count). The monoisotopic (exact) mass is 208 g/mol. The number of hydrogen-bond acceptors (Lipinski definition) is 2. The molecule has 1 aromatic carbocycles. The summed E-state index contributed by atoms with van der Waals surface area (Å²) in [5.74, 6) is 0.305. The van der Waals surface area contributed by atoms with Crippen molar-refractivity contribution < 1.29 is 13.9 Å². The van der Waals surface area contributed by atoms with Crippen molar-refractivity contribution in [2.75, 3.05) is 13.2 Å². The summed E-state index contributed by atoms with van der Waals surface area (Å²) in [6.45, 7) is 4.74. The summed E-state index contributed by atoms with van der Waals surface area (Å²) < 4.78 is 23.5.